The van der Waals surface area contributed by atoms with Gasteiger partial charge in [-0.3, -0.25) is 9.89 Å². The van der Waals surface area contributed by atoms with Crippen LogP contribution in [0, 0.1) is 5.92 Å². The van der Waals surface area contributed by atoms with Gasteiger partial charge in [-0.25, -0.2) is 0 Å². The number of nitrogens with one attached hydrogen (secondary N) is 3. The molecule has 1 heterocycles. The van der Waals surface area contributed by atoms with Crippen molar-refractivity contribution in [3.8, 4) is 0 Å². The molecule has 0 aliphatic heterocycles. The van der Waals surface area contributed by atoms with E-state index >= 15 is 0 Å². The topological polar surface area (TPSA) is 69.8 Å². The highest BCUT2D eigenvalue weighted by Gasteiger charge is 2.38. The normalized spacial score (nSPS) is 23.3. The first-order valence-corrected chi connectivity index (χ1v) is 7.93. The molecule has 3 N–H and O–H groups in total. The zero-order chi connectivity index (χ0) is 14.9. The summed E-state index contributed by atoms with van der Waals surface area (Å²) in [6.45, 7) is 1.18. The molecule has 5 heteroatoms. The Bertz CT molecular complexity index is 646. The molecule has 0 saturated heterocycles. The van der Waals surface area contributed by atoms with E-state index in [-0.39, 0.29) is 5.91 Å². The fourth-order valence-corrected chi connectivity index (χ4v) is 2.82. The average molecular weight is 296 g/mol. The van der Waals surface area contributed by atoms with E-state index < -0.39 is 0 Å². The quantitative estimate of drug-likeness (QED) is 0.767. The Labute approximate surface area is 129 Å². The van der Waals surface area contributed by atoms with Crippen LogP contribution in [0.1, 0.15) is 41.1 Å². The lowest BCUT2D eigenvalue weighted by Gasteiger charge is -2.06. The molecular formula is C17H20N4O. The molecular weight excluding hydrogens is 276 g/mol. The number of H-pyrrole nitrogens is 1. The van der Waals surface area contributed by atoms with Gasteiger partial charge < -0.3 is 10.6 Å². The van der Waals surface area contributed by atoms with E-state index in [0.29, 0.717) is 17.5 Å². The Morgan fingerprint density at radius 1 is 1.27 bits per heavy atom. The summed E-state index contributed by atoms with van der Waals surface area (Å²) in [5.41, 5.74) is 2.71. The largest absolute Gasteiger partial charge is 0.322 e. The zero-order valence-corrected chi connectivity index (χ0v) is 12.4. The van der Waals surface area contributed by atoms with Gasteiger partial charge >= 0.3 is 0 Å². The summed E-state index contributed by atoms with van der Waals surface area (Å²) in [6, 6.07) is 8.84. The van der Waals surface area contributed by atoms with Gasteiger partial charge in [-0.05, 0) is 49.4 Å². The minimum atomic E-state index is -0.142. The van der Waals surface area contributed by atoms with Crippen molar-refractivity contribution in [2.45, 2.75) is 31.2 Å². The second-order valence-electron chi connectivity index (χ2n) is 6.36. The molecule has 1 aromatic carbocycles. The third-order valence-electron chi connectivity index (χ3n) is 4.51. The van der Waals surface area contributed by atoms with Crippen molar-refractivity contribution in [3.05, 3.63) is 47.8 Å². The maximum atomic E-state index is 11.9. The number of amides is 1. The number of carbonyl (C=O) groups is 1. The molecule has 1 amide bonds. The van der Waals surface area contributed by atoms with Crippen LogP contribution in [0.5, 0.6) is 0 Å². The minimum absolute atomic E-state index is 0.142. The molecule has 2 atom stereocenters. The van der Waals surface area contributed by atoms with Crippen LogP contribution >= 0.6 is 0 Å². The second-order valence-corrected chi connectivity index (χ2v) is 6.36. The van der Waals surface area contributed by atoms with Crippen LogP contribution < -0.4 is 10.6 Å². The van der Waals surface area contributed by atoms with Gasteiger partial charge in [0.15, 0.2) is 0 Å². The highest BCUT2D eigenvalue weighted by Crippen LogP contribution is 2.41. The molecule has 0 bridgehead atoms. The van der Waals surface area contributed by atoms with Crippen molar-refractivity contribution < 1.29 is 4.79 Å². The van der Waals surface area contributed by atoms with Crippen LogP contribution in [0.25, 0.3) is 0 Å². The lowest BCUT2D eigenvalue weighted by molar-refractivity contribution is 0.102. The van der Waals surface area contributed by atoms with Crippen LogP contribution in [0.3, 0.4) is 0 Å². The molecule has 0 spiro atoms. The molecule has 2 aliphatic carbocycles. The smallest absolute Gasteiger partial charge is 0.258 e. The highest BCUT2D eigenvalue weighted by molar-refractivity contribution is 6.03. The first-order chi connectivity index (χ1) is 10.8. The van der Waals surface area contributed by atoms with E-state index in [1.165, 1.54) is 37.6 Å². The molecule has 2 fully saturated rings. The first-order valence-electron chi connectivity index (χ1n) is 7.93. The highest BCUT2D eigenvalue weighted by atomic mass is 16.1. The van der Waals surface area contributed by atoms with Gasteiger partial charge in [-0.2, -0.15) is 5.10 Å². The molecule has 22 heavy (non-hydrogen) atoms. The Balaban J connectivity index is 1.32. The Morgan fingerprint density at radius 2 is 2.09 bits per heavy atom. The van der Waals surface area contributed by atoms with Crippen molar-refractivity contribution in [1.29, 1.82) is 0 Å². The predicted molar refractivity (Wildman–Crippen MR) is 84.9 cm³/mol. The van der Waals surface area contributed by atoms with E-state index in [0.717, 1.165) is 11.6 Å². The monoisotopic (exact) mass is 296 g/mol. The second kappa shape index (κ2) is 5.57. The van der Waals surface area contributed by atoms with Crippen molar-refractivity contribution in [1.82, 2.24) is 15.5 Å². The van der Waals surface area contributed by atoms with E-state index in [4.69, 9.17) is 0 Å². The van der Waals surface area contributed by atoms with Crippen molar-refractivity contribution in [2.75, 3.05) is 11.9 Å². The van der Waals surface area contributed by atoms with Crippen molar-refractivity contribution in [3.63, 3.8) is 0 Å². The van der Waals surface area contributed by atoms with E-state index in [1.807, 2.05) is 12.1 Å². The van der Waals surface area contributed by atoms with Gasteiger partial charge in [-0.15, -0.1) is 0 Å². The summed E-state index contributed by atoms with van der Waals surface area (Å²) >= 11 is 0. The Kier molecular flexibility index (Phi) is 3.42. The SMILES string of the molecule is O=C(Nc1ccc(C2CC2NCC2CC2)cc1)c1cn[nH]c1. The number of hydrogen-bond donors (Lipinski definition) is 3. The lowest BCUT2D eigenvalue weighted by Crippen LogP contribution is -2.20. The number of nitrogens with zero attached hydrogens (tertiary/aromatic N) is 1. The molecule has 1 aromatic heterocycles. The lowest BCUT2D eigenvalue weighted by atomic mass is 10.1. The number of benzene rings is 1. The number of carbonyl (C=O) groups excluding carboxylic acids is 1. The standard InChI is InChI=1S/C17H20N4O/c22-17(13-9-19-20-10-13)21-14-5-3-12(4-6-14)15-7-16(15)18-8-11-1-2-11/h3-6,9-11,15-16,18H,1-2,7-8H2,(H,19,20)(H,21,22). The summed E-state index contributed by atoms with van der Waals surface area (Å²) < 4.78 is 0. The summed E-state index contributed by atoms with van der Waals surface area (Å²) in [7, 11) is 0. The summed E-state index contributed by atoms with van der Waals surface area (Å²) in [5, 5.41) is 12.9. The van der Waals surface area contributed by atoms with E-state index in [1.54, 1.807) is 6.20 Å². The maximum Gasteiger partial charge on any atom is 0.258 e. The van der Waals surface area contributed by atoms with Gasteiger partial charge in [0.2, 0.25) is 0 Å². The Morgan fingerprint density at radius 3 is 2.77 bits per heavy atom. The third-order valence-corrected chi connectivity index (χ3v) is 4.51. The third kappa shape index (κ3) is 3.04. The average Bonchev–Trinajstić information content (AvgIpc) is 3.44. The number of rotatable bonds is 6. The van der Waals surface area contributed by atoms with Gasteiger partial charge in [-0.1, -0.05) is 12.1 Å². The summed E-state index contributed by atoms with van der Waals surface area (Å²) in [6.07, 6.45) is 7.13. The van der Waals surface area contributed by atoms with Gasteiger partial charge in [0.05, 0.1) is 11.8 Å². The molecule has 114 valence electrons. The number of aromatic nitrogens is 2. The molecule has 2 aliphatic rings. The number of aromatic amines is 1. The molecule has 0 radical (unpaired) electrons. The molecule has 5 nitrogen and oxygen atoms in total. The van der Waals surface area contributed by atoms with Gasteiger partial charge in [0, 0.05) is 23.8 Å². The number of hydrogen-bond acceptors (Lipinski definition) is 3. The van der Waals surface area contributed by atoms with Gasteiger partial charge in [0.25, 0.3) is 5.91 Å². The Hall–Kier alpha value is -2.14. The summed E-state index contributed by atoms with van der Waals surface area (Å²) in [5.74, 6) is 1.43. The van der Waals surface area contributed by atoms with Crippen molar-refractivity contribution >= 4 is 11.6 Å². The molecule has 2 saturated carbocycles. The maximum absolute atomic E-state index is 11.9. The molecule has 4 rings (SSSR count). The predicted octanol–water partition coefficient (Wildman–Crippen LogP) is 2.52. The van der Waals surface area contributed by atoms with E-state index in [2.05, 4.69) is 33.0 Å². The molecule has 2 aromatic rings. The van der Waals surface area contributed by atoms with Crippen LogP contribution in [0.15, 0.2) is 36.7 Å². The van der Waals surface area contributed by atoms with Crippen molar-refractivity contribution in [2.24, 2.45) is 5.92 Å². The van der Waals surface area contributed by atoms with Crippen LogP contribution in [-0.4, -0.2) is 28.7 Å². The summed E-state index contributed by atoms with van der Waals surface area (Å²) in [4.78, 5) is 11.9. The first kappa shape index (κ1) is 13.5. The number of anilines is 1. The minimum Gasteiger partial charge on any atom is -0.322 e. The van der Waals surface area contributed by atoms with Gasteiger partial charge in [0.1, 0.15) is 0 Å². The van der Waals surface area contributed by atoms with Crippen LogP contribution in [0.4, 0.5) is 5.69 Å². The van der Waals surface area contributed by atoms with E-state index in [9.17, 15) is 4.79 Å². The fraction of sp³-hybridized carbons (Fsp3) is 0.412. The fourth-order valence-electron chi connectivity index (χ4n) is 2.82. The van der Waals surface area contributed by atoms with Crippen LogP contribution in [-0.2, 0) is 0 Å². The van der Waals surface area contributed by atoms with Crippen LogP contribution in [0.2, 0.25) is 0 Å². The zero-order valence-electron chi connectivity index (χ0n) is 12.4. The molecule has 2 unspecified atom stereocenters.